The first-order valence-corrected chi connectivity index (χ1v) is 8.39. The molecule has 0 bridgehead atoms. The van der Waals surface area contributed by atoms with Crippen molar-refractivity contribution in [3.8, 4) is 0 Å². The van der Waals surface area contributed by atoms with E-state index >= 15 is 0 Å². The highest BCUT2D eigenvalue weighted by atomic mass is 32.2. The van der Waals surface area contributed by atoms with E-state index in [-0.39, 0.29) is 0 Å². The van der Waals surface area contributed by atoms with Crippen LogP contribution in [0.1, 0.15) is 26.1 Å². The molecule has 0 aromatic carbocycles. The number of rotatable bonds is 4. The third kappa shape index (κ3) is 3.15. The number of hydrogen-bond donors (Lipinski definition) is 1. The largest absolute Gasteiger partial charge is 0.313 e. The van der Waals surface area contributed by atoms with Gasteiger partial charge in [-0.15, -0.1) is 10.2 Å². The minimum atomic E-state index is 0.460. The molecule has 0 radical (unpaired) electrons. The molecule has 0 aliphatic carbocycles. The molecular formula is C15H22N4S. The van der Waals surface area contributed by atoms with Gasteiger partial charge in [-0.3, -0.25) is 4.40 Å². The van der Waals surface area contributed by atoms with Gasteiger partial charge < -0.3 is 5.32 Å². The summed E-state index contributed by atoms with van der Waals surface area (Å²) in [6, 6.07) is 6.63. The monoisotopic (exact) mass is 290 g/mol. The Balaban J connectivity index is 1.55. The van der Waals surface area contributed by atoms with E-state index in [2.05, 4.69) is 45.5 Å². The number of thioether (sulfide) groups is 1. The van der Waals surface area contributed by atoms with Crippen LogP contribution in [-0.2, 0) is 6.42 Å². The highest BCUT2D eigenvalue weighted by molar-refractivity contribution is 7.99. The predicted molar refractivity (Wildman–Crippen MR) is 84.2 cm³/mol. The van der Waals surface area contributed by atoms with Gasteiger partial charge in [0.25, 0.3) is 0 Å². The zero-order valence-corrected chi connectivity index (χ0v) is 13.0. The van der Waals surface area contributed by atoms with Crippen molar-refractivity contribution in [1.29, 1.82) is 0 Å². The van der Waals surface area contributed by atoms with Crippen LogP contribution in [-0.4, -0.2) is 38.7 Å². The van der Waals surface area contributed by atoms with E-state index in [9.17, 15) is 0 Å². The van der Waals surface area contributed by atoms with Crippen LogP contribution >= 0.6 is 11.8 Å². The summed E-state index contributed by atoms with van der Waals surface area (Å²) >= 11 is 2.06. The molecule has 2 aromatic heterocycles. The number of hydrogen-bond acceptors (Lipinski definition) is 4. The van der Waals surface area contributed by atoms with E-state index < -0.39 is 0 Å². The zero-order chi connectivity index (χ0) is 14.0. The summed E-state index contributed by atoms with van der Waals surface area (Å²) in [7, 11) is 0. The Morgan fingerprint density at radius 3 is 3.15 bits per heavy atom. The Morgan fingerprint density at radius 1 is 1.40 bits per heavy atom. The number of nitrogens with zero attached hydrogens (tertiary/aromatic N) is 3. The van der Waals surface area contributed by atoms with Crippen molar-refractivity contribution in [2.45, 2.75) is 32.7 Å². The van der Waals surface area contributed by atoms with Gasteiger partial charge in [0.05, 0.1) is 0 Å². The first kappa shape index (κ1) is 13.9. The van der Waals surface area contributed by atoms with Gasteiger partial charge in [-0.05, 0) is 29.7 Å². The van der Waals surface area contributed by atoms with Crippen molar-refractivity contribution in [1.82, 2.24) is 19.9 Å². The average molecular weight is 290 g/mol. The standard InChI is InChI=1S/C15H22N4S/c1-15(2)9-12(10-20-11-15)16-7-6-14-18-17-13-5-3-4-8-19(13)14/h3-5,8,12,16H,6-7,9-11H2,1-2H3. The lowest BCUT2D eigenvalue weighted by Crippen LogP contribution is -2.41. The van der Waals surface area contributed by atoms with Gasteiger partial charge in [0.15, 0.2) is 5.65 Å². The molecule has 1 N–H and O–H groups in total. The number of fused-ring (bicyclic) bond motifs is 1. The molecule has 1 unspecified atom stereocenters. The SMILES string of the molecule is CC1(C)CSCC(NCCc2nnc3ccccn23)C1. The smallest absolute Gasteiger partial charge is 0.160 e. The maximum Gasteiger partial charge on any atom is 0.160 e. The molecule has 1 fully saturated rings. The van der Waals surface area contributed by atoms with Gasteiger partial charge in [-0.1, -0.05) is 19.9 Å². The van der Waals surface area contributed by atoms with Gasteiger partial charge >= 0.3 is 0 Å². The molecular weight excluding hydrogens is 268 g/mol. The molecule has 20 heavy (non-hydrogen) atoms. The quantitative estimate of drug-likeness (QED) is 0.939. The zero-order valence-electron chi connectivity index (χ0n) is 12.2. The van der Waals surface area contributed by atoms with E-state index in [4.69, 9.17) is 0 Å². The summed E-state index contributed by atoms with van der Waals surface area (Å²) < 4.78 is 2.07. The Kier molecular flexibility index (Phi) is 3.98. The minimum absolute atomic E-state index is 0.460. The maximum atomic E-state index is 4.27. The maximum absolute atomic E-state index is 4.27. The van der Waals surface area contributed by atoms with Crippen molar-refractivity contribution < 1.29 is 0 Å². The normalized spacial score (nSPS) is 22.2. The highest BCUT2D eigenvalue weighted by Gasteiger charge is 2.27. The lowest BCUT2D eigenvalue weighted by molar-refractivity contribution is 0.319. The molecule has 1 aliphatic heterocycles. The molecule has 1 saturated heterocycles. The summed E-state index contributed by atoms with van der Waals surface area (Å²) in [5, 5.41) is 12.1. The molecule has 5 heteroatoms. The van der Waals surface area contributed by atoms with Crippen LogP contribution in [0, 0.1) is 5.41 Å². The fraction of sp³-hybridized carbons (Fsp3) is 0.600. The lowest BCUT2D eigenvalue weighted by atomic mass is 9.88. The van der Waals surface area contributed by atoms with Gasteiger partial charge in [0.2, 0.25) is 0 Å². The Bertz CT molecular complexity index is 578. The van der Waals surface area contributed by atoms with Crippen molar-refractivity contribution in [3.05, 3.63) is 30.2 Å². The number of nitrogens with one attached hydrogen (secondary N) is 1. The summed E-state index contributed by atoms with van der Waals surface area (Å²) in [6.45, 7) is 5.69. The molecule has 4 nitrogen and oxygen atoms in total. The van der Waals surface area contributed by atoms with E-state index in [1.54, 1.807) is 0 Å². The third-order valence-corrected chi connectivity index (χ3v) is 5.40. The van der Waals surface area contributed by atoms with Crippen LogP contribution in [0.2, 0.25) is 0 Å². The molecule has 1 aliphatic rings. The van der Waals surface area contributed by atoms with Crippen molar-refractivity contribution >= 4 is 17.4 Å². The van der Waals surface area contributed by atoms with Crippen LogP contribution in [0.15, 0.2) is 24.4 Å². The van der Waals surface area contributed by atoms with E-state index in [1.165, 1.54) is 17.9 Å². The predicted octanol–water partition coefficient (Wildman–Crippen LogP) is 2.39. The molecule has 108 valence electrons. The van der Waals surface area contributed by atoms with Gasteiger partial charge in [-0.2, -0.15) is 11.8 Å². The number of aromatic nitrogens is 3. The molecule has 0 spiro atoms. The number of pyridine rings is 1. The second-order valence-corrected chi connectivity index (χ2v) is 7.36. The molecule has 3 rings (SSSR count). The molecule has 3 heterocycles. The van der Waals surface area contributed by atoms with Gasteiger partial charge in [-0.25, -0.2) is 0 Å². The topological polar surface area (TPSA) is 42.2 Å². The fourth-order valence-corrected chi connectivity index (χ4v) is 4.15. The van der Waals surface area contributed by atoms with Crippen LogP contribution in [0.3, 0.4) is 0 Å². The summed E-state index contributed by atoms with van der Waals surface area (Å²) in [5.74, 6) is 3.54. The Hall–Kier alpha value is -1.07. The first-order chi connectivity index (χ1) is 9.64. The van der Waals surface area contributed by atoms with Crippen LogP contribution in [0.5, 0.6) is 0 Å². The Morgan fingerprint density at radius 2 is 2.30 bits per heavy atom. The highest BCUT2D eigenvalue weighted by Crippen LogP contribution is 2.33. The summed E-state index contributed by atoms with van der Waals surface area (Å²) in [6.07, 6.45) is 4.22. The summed E-state index contributed by atoms with van der Waals surface area (Å²) in [4.78, 5) is 0. The van der Waals surface area contributed by atoms with Crippen LogP contribution in [0.25, 0.3) is 5.65 Å². The second-order valence-electron chi connectivity index (χ2n) is 6.33. The molecule has 1 atom stereocenters. The first-order valence-electron chi connectivity index (χ1n) is 7.24. The average Bonchev–Trinajstić information content (AvgIpc) is 2.81. The molecule has 0 saturated carbocycles. The minimum Gasteiger partial charge on any atom is -0.313 e. The second kappa shape index (κ2) is 5.74. The van der Waals surface area contributed by atoms with Crippen molar-refractivity contribution in [3.63, 3.8) is 0 Å². The van der Waals surface area contributed by atoms with Gasteiger partial charge in [0, 0.05) is 31.0 Å². The van der Waals surface area contributed by atoms with Gasteiger partial charge in [0.1, 0.15) is 5.82 Å². The molecule has 0 amide bonds. The fourth-order valence-electron chi connectivity index (χ4n) is 2.84. The van der Waals surface area contributed by atoms with E-state index in [0.717, 1.165) is 24.4 Å². The van der Waals surface area contributed by atoms with Crippen molar-refractivity contribution in [2.75, 3.05) is 18.1 Å². The summed E-state index contributed by atoms with van der Waals surface area (Å²) in [5.41, 5.74) is 1.39. The Labute approximate surface area is 124 Å². The lowest BCUT2D eigenvalue weighted by Gasteiger charge is -2.35. The van der Waals surface area contributed by atoms with E-state index in [1.807, 2.05) is 24.4 Å². The van der Waals surface area contributed by atoms with Crippen LogP contribution < -0.4 is 5.32 Å². The van der Waals surface area contributed by atoms with E-state index in [0.29, 0.717) is 11.5 Å². The third-order valence-electron chi connectivity index (χ3n) is 3.78. The van der Waals surface area contributed by atoms with Crippen LogP contribution in [0.4, 0.5) is 0 Å². The molecule has 2 aromatic rings. The van der Waals surface area contributed by atoms with Crippen molar-refractivity contribution in [2.24, 2.45) is 5.41 Å².